The summed E-state index contributed by atoms with van der Waals surface area (Å²) in [6.45, 7) is 9.11. The largest absolute Gasteiger partial charge is 0.481 e. The molecule has 1 heterocycles. The van der Waals surface area contributed by atoms with Crippen molar-refractivity contribution in [1.29, 1.82) is 0 Å². The Bertz CT molecular complexity index is 320. The van der Waals surface area contributed by atoms with Crippen molar-refractivity contribution in [3.63, 3.8) is 0 Å². The van der Waals surface area contributed by atoms with Gasteiger partial charge in [0.15, 0.2) is 0 Å². The maximum absolute atomic E-state index is 11.9. The van der Waals surface area contributed by atoms with E-state index in [9.17, 15) is 14.7 Å². The van der Waals surface area contributed by atoms with Crippen molar-refractivity contribution in [1.82, 2.24) is 15.5 Å². The van der Waals surface area contributed by atoms with E-state index >= 15 is 0 Å². The van der Waals surface area contributed by atoms with Crippen molar-refractivity contribution < 1.29 is 14.7 Å². The van der Waals surface area contributed by atoms with Crippen LogP contribution in [0, 0.1) is 11.3 Å². The average Bonchev–Trinajstić information content (AvgIpc) is 2.33. The van der Waals surface area contributed by atoms with E-state index in [1.807, 2.05) is 20.8 Å². The monoisotopic (exact) mass is 271 g/mol. The van der Waals surface area contributed by atoms with Gasteiger partial charge in [0.2, 0.25) is 0 Å². The van der Waals surface area contributed by atoms with Gasteiger partial charge in [0.25, 0.3) is 0 Å². The number of aliphatic carboxylic acids is 1. The maximum Gasteiger partial charge on any atom is 0.317 e. The van der Waals surface area contributed by atoms with Crippen LogP contribution in [0.1, 0.15) is 27.2 Å². The second kappa shape index (κ2) is 6.75. The number of carboxylic acids is 1. The third-order valence-corrected chi connectivity index (χ3v) is 3.11. The summed E-state index contributed by atoms with van der Waals surface area (Å²) in [6, 6.07) is -0.165. The molecule has 6 nitrogen and oxygen atoms in total. The molecular weight excluding hydrogens is 246 g/mol. The molecule has 1 aliphatic heterocycles. The number of nitrogens with one attached hydrogen (secondary N) is 2. The van der Waals surface area contributed by atoms with Crippen LogP contribution in [-0.2, 0) is 4.79 Å². The highest BCUT2D eigenvalue weighted by Gasteiger charge is 2.26. The van der Waals surface area contributed by atoms with E-state index in [0.717, 1.165) is 13.1 Å². The highest BCUT2D eigenvalue weighted by Crippen LogP contribution is 2.24. The van der Waals surface area contributed by atoms with Gasteiger partial charge in [-0.05, 0) is 11.8 Å². The number of piperazine rings is 1. The van der Waals surface area contributed by atoms with Crippen molar-refractivity contribution in [2.75, 3.05) is 32.7 Å². The molecule has 0 aromatic rings. The van der Waals surface area contributed by atoms with Gasteiger partial charge in [-0.25, -0.2) is 4.79 Å². The lowest BCUT2D eigenvalue weighted by atomic mass is 9.84. The van der Waals surface area contributed by atoms with Gasteiger partial charge in [-0.15, -0.1) is 0 Å². The second-order valence-electron chi connectivity index (χ2n) is 6.22. The molecule has 0 aromatic carbocycles. The Balaban J connectivity index is 2.42. The zero-order chi connectivity index (χ0) is 14.5. The van der Waals surface area contributed by atoms with E-state index in [2.05, 4.69) is 10.6 Å². The summed E-state index contributed by atoms with van der Waals surface area (Å²) in [5.74, 6) is -1.39. The van der Waals surface area contributed by atoms with Crippen molar-refractivity contribution in [3.05, 3.63) is 0 Å². The Morgan fingerprint density at radius 3 is 2.37 bits per heavy atom. The first-order chi connectivity index (χ1) is 8.79. The molecule has 1 aliphatic rings. The Kier molecular flexibility index (Phi) is 5.60. The lowest BCUT2D eigenvalue weighted by molar-refractivity contribution is -0.142. The molecule has 2 amide bonds. The average molecular weight is 271 g/mol. The molecule has 19 heavy (non-hydrogen) atoms. The lowest BCUT2D eigenvalue weighted by Gasteiger charge is -2.29. The Morgan fingerprint density at radius 1 is 1.32 bits per heavy atom. The normalized spacial score (nSPS) is 17.9. The lowest BCUT2D eigenvalue weighted by Crippen LogP contribution is -2.51. The molecule has 0 aromatic heterocycles. The summed E-state index contributed by atoms with van der Waals surface area (Å²) < 4.78 is 0. The molecule has 0 spiro atoms. The number of carboxylic acid groups (broad SMARTS) is 1. The van der Waals surface area contributed by atoms with Crippen LogP contribution in [0.25, 0.3) is 0 Å². The van der Waals surface area contributed by atoms with E-state index < -0.39 is 11.9 Å². The summed E-state index contributed by atoms with van der Waals surface area (Å²) in [7, 11) is 0. The molecule has 1 rings (SSSR count). The number of carbonyl (C=O) groups is 2. The number of amides is 2. The molecular formula is C13H25N3O3. The summed E-state index contributed by atoms with van der Waals surface area (Å²) in [5, 5.41) is 15.1. The van der Waals surface area contributed by atoms with Crippen LogP contribution in [0.3, 0.4) is 0 Å². The molecule has 1 saturated heterocycles. The molecule has 110 valence electrons. The van der Waals surface area contributed by atoms with Crippen LogP contribution in [0.15, 0.2) is 0 Å². The highest BCUT2D eigenvalue weighted by molar-refractivity contribution is 5.76. The van der Waals surface area contributed by atoms with Crippen LogP contribution >= 0.6 is 0 Å². The Hall–Kier alpha value is -1.30. The molecule has 1 fully saturated rings. The number of nitrogens with zero attached hydrogens (tertiary/aromatic N) is 1. The van der Waals surface area contributed by atoms with E-state index in [0.29, 0.717) is 19.5 Å². The van der Waals surface area contributed by atoms with Crippen LogP contribution in [0.5, 0.6) is 0 Å². The molecule has 6 heteroatoms. The standard InChI is InChI=1S/C13H25N3O3/c1-13(2,3)8-10(11(17)18)9-15-12(19)16-6-4-14-5-7-16/h10,14H,4-9H2,1-3H3,(H,15,19)(H,17,18). The number of hydrogen-bond donors (Lipinski definition) is 3. The minimum Gasteiger partial charge on any atom is -0.481 e. The van der Waals surface area contributed by atoms with Gasteiger partial charge in [-0.2, -0.15) is 0 Å². The molecule has 1 atom stereocenters. The molecule has 1 unspecified atom stereocenters. The van der Waals surface area contributed by atoms with Crippen molar-refractivity contribution in [2.45, 2.75) is 27.2 Å². The SMILES string of the molecule is CC(C)(C)CC(CNC(=O)N1CCNCC1)C(=O)O. The highest BCUT2D eigenvalue weighted by atomic mass is 16.4. The predicted molar refractivity (Wildman–Crippen MR) is 73.0 cm³/mol. The number of hydrogen-bond acceptors (Lipinski definition) is 3. The number of rotatable bonds is 4. The molecule has 0 saturated carbocycles. The second-order valence-corrected chi connectivity index (χ2v) is 6.22. The fraction of sp³-hybridized carbons (Fsp3) is 0.846. The van der Waals surface area contributed by atoms with Crippen LogP contribution < -0.4 is 10.6 Å². The van der Waals surface area contributed by atoms with Gasteiger partial charge in [0, 0.05) is 32.7 Å². The smallest absolute Gasteiger partial charge is 0.317 e. The van der Waals surface area contributed by atoms with E-state index in [-0.39, 0.29) is 18.0 Å². The van der Waals surface area contributed by atoms with E-state index in [4.69, 9.17) is 0 Å². The van der Waals surface area contributed by atoms with Gasteiger partial charge >= 0.3 is 12.0 Å². The van der Waals surface area contributed by atoms with Crippen LogP contribution in [0.4, 0.5) is 4.79 Å². The topological polar surface area (TPSA) is 81.7 Å². The minimum atomic E-state index is -0.851. The van der Waals surface area contributed by atoms with Gasteiger partial charge in [-0.1, -0.05) is 20.8 Å². The first-order valence-electron chi connectivity index (χ1n) is 6.76. The fourth-order valence-corrected chi connectivity index (χ4v) is 2.18. The molecule has 3 N–H and O–H groups in total. The Morgan fingerprint density at radius 2 is 1.89 bits per heavy atom. The summed E-state index contributed by atoms with van der Waals surface area (Å²) in [4.78, 5) is 24.8. The van der Waals surface area contributed by atoms with Crippen molar-refractivity contribution >= 4 is 12.0 Å². The third-order valence-electron chi connectivity index (χ3n) is 3.11. The van der Waals surface area contributed by atoms with E-state index in [1.54, 1.807) is 4.90 Å². The zero-order valence-corrected chi connectivity index (χ0v) is 12.0. The van der Waals surface area contributed by atoms with Gasteiger partial charge in [-0.3, -0.25) is 4.79 Å². The number of carbonyl (C=O) groups excluding carboxylic acids is 1. The summed E-state index contributed by atoms with van der Waals surface area (Å²) >= 11 is 0. The third kappa shape index (κ3) is 5.92. The van der Waals surface area contributed by atoms with Gasteiger partial charge in [0.05, 0.1) is 5.92 Å². The van der Waals surface area contributed by atoms with Crippen LogP contribution in [-0.4, -0.2) is 54.7 Å². The quantitative estimate of drug-likeness (QED) is 0.704. The zero-order valence-electron chi connectivity index (χ0n) is 12.0. The van der Waals surface area contributed by atoms with Crippen molar-refractivity contribution in [2.24, 2.45) is 11.3 Å². The van der Waals surface area contributed by atoms with Crippen molar-refractivity contribution in [3.8, 4) is 0 Å². The van der Waals surface area contributed by atoms with Gasteiger partial charge < -0.3 is 20.6 Å². The summed E-state index contributed by atoms with van der Waals surface area (Å²) in [6.07, 6.45) is 0.546. The molecule has 0 radical (unpaired) electrons. The molecule has 0 bridgehead atoms. The predicted octanol–water partition coefficient (Wildman–Crippen LogP) is 0.738. The molecule has 0 aliphatic carbocycles. The van der Waals surface area contributed by atoms with Crippen LogP contribution in [0.2, 0.25) is 0 Å². The minimum absolute atomic E-state index is 0.0666. The first kappa shape index (κ1) is 15.8. The first-order valence-corrected chi connectivity index (χ1v) is 6.76. The maximum atomic E-state index is 11.9. The fourth-order valence-electron chi connectivity index (χ4n) is 2.18. The van der Waals surface area contributed by atoms with Gasteiger partial charge in [0.1, 0.15) is 0 Å². The summed E-state index contributed by atoms with van der Waals surface area (Å²) in [5.41, 5.74) is -0.0666. The number of urea groups is 1. The Labute approximate surface area is 114 Å². The van der Waals surface area contributed by atoms with E-state index in [1.165, 1.54) is 0 Å².